The number of hydrogen-bond donors (Lipinski definition) is 1. The zero-order valence-corrected chi connectivity index (χ0v) is 20.1. The topological polar surface area (TPSA) is 66.5 Å². The summed E-state index contributed by atoms with van der Waals surface area (Å²) in [5.74, 6) is -0.792. The van der Waals surface area contributed by atoms with Gasteiger partial charge in [-0.2, -0.15) is 0 Å². The standard InChI is InChI=1S/C25H33FN2O3S/c1-18(20-7-9-22(10-8-20)25(2,3)4)27-24(29)21-13-15-28(16-14-21)32(30,31)17-19-5-11-23(26)12-6-19/h5-12,18,21H,13-17H2,1-4H3,(H,27,29). The third-order valence-corrected chi connectivity index (χ3v) is 7.97. The highest BCUT2D eigenvalue weighted by Crippen LogP contribution is 2.25. The summed E-state index contributed by atoms with van der Waals surface area (Å²) in [5.41, 5.74) is 2.92. The van der Waals surface area contributed by atoms with E-state index >= 15 is 0 Å². The van der Waals surface area contributed by atoms with E-state index in [1.807, 2.05) is 6.92 Å². The molecule has 1 unspecified atom stereocenters. The maximum absolute atomic E-state index is 13.1. The van der Waals surface area contributed by atoms with Crippen LogP contribution in [0.2, 0.25) is 0 Å². The highest BCUT2D eigenvalue weighted by Gasteiger charge is 2.31. The monoisotopic (exact) mass is 460 g/mol. The summed E-state index contributed by atoms with van der Waals surface area (Å²) in [5, 5.41) is 3.08. The number of piperidine rings is 1. The summed E-state index contributed by atoms with van der Waals surface area (Å²) in [6, 6.07) is 13.7. The van der Waals surface area contributed by atoms with Crippen molar-refractivity contribution in [2.24, 2.45) is 5.92 Å². The molecular formula is C25H33FN2O3S. The molecule has 0 aliphatic carbocycles. The summed E-state index contributed by atoms with van der Waals surface area (Å²) < 4.78 is 39.9. The number of nitrogens with zero attached hydrogens (tertiary/aromatic N) is 1. The van der Waals surface area contributed by atoms with E-state index in [0.29, 0.717) is 31.5 Å². The third kappa shape index (κ3) is 6.17. The minimum absolute atomic E-state index is 0.0343. The van der Waals surface area contributed by atoms with Gasteiger partial charge < -0.3 is 5.32 Å². The molecule has 1 aliphatic rings. The van der Waals surface area contributed by atoms with Gasteiger partial charge in [0.1, 0.15) is 5.82 Å². The molecule has 32 heavy (non-hydrogen) atoms. The van der Waals surface area contributed by atoms with Crippen LogP contribution >= 0.6 is 0 Å². The van der Waals surface area contributed by atoms with E-state index in [4.69, 9.17) is 0 Å². The van der Waals surface area contributed by atoms with Gasteiger partial charge in [0.15, 0.2) is 0 Å². The fraction of sp³-hybridized carbons (Fsp3) is 0.480. The lowest BCUT2D eigenvalue weighted by molar-refractivity contribution is -0.126. The highest BCUT2D eigenvalue weighted by molar-refractivity contribution is 7.88. The maximum Gasteiger partial charge on any atom is 0.223 e. The number of sulfonamides is 1. The van der Waals surface area contributed by atoms with Crippen LogP contribution in [-0.2, 0) is 26.0 Å². The molecule has 0 aromatic heterocycles. The quantitative estimate of drug-likeness (QED) is 0.688. The first kappa shape index (κ1) is 24.4. The molecule has 0 radical (unpaired) electrons. The Balaban J connectivity index is 1.53. The number of hydrogen-bond acceptors (Lipinski definition) is 3. The second-order valence-corrected chi connectivity index (χ2v) is 11.6. The zero-order chi connectivity index (χ0) is 23.5. The lowest BCUT2D eigenvalue weighted by Gasteiger charge is -2.31. The average molecular weight is 461 g/mol. The highest BCUT2D eigenvalue weighted by atomic mass is 32.2. The minimum Gasteiger partial charge on any atom is -0.349 e. The predicted octanol–water partition coefficient (Wildman–Crippen LogP) is 4.54. The van der Waals surface area contributed by atoms with Gasteiger partial charge >= 0.3 is 0 Å². The lowest BCUT2D eigenvalue weighted by Crippen LogP contribution is -2.43. The first-order valence-corrected chi connectivity index (χ1v) is 12.7. The van der Waals surface area contributed by atoms with E-state index < -0.39 is 15.8 Å². The summed E-state index contributed by atoms with van der Waals surface area (Å²) in [4.78, 5) is 12.8. The normalized spacial score (nSPS) is 17.2. The van der Waals surface area contributed by atoms with Gasteiger partial charge in [-0.25, -0.2) is 17.1 Å². The summed E-state index contributed by atoms with van der Waals surface area (Å²) in [6.07, 6.45) is 0.980. The zero-order valence-electron chi connectivity index (χ0n) is 19.3. The molecule has 174 valence electrons. The number of halogens is 1. The van der Waals surface area contributed by atoms with Crippen LogP contribution in [0, 0.1) is 11.7 Å². The molecule has 1 amide bonds. The minimum atomic E-state index is -3.50. The largest absolute Gasteiger partial charge is 0.349 e. The number of nitrogens with one attached hydrogen (secondary N) is 1. The van der Waals surface area contributed by atoms with E-state index in [2.05, 4.69) is 50.4 Å². The molecule has 0 bridgehead atoms. The number of rotatable bonds is 6. The maximum atomic E-state index is 13.1. The van der Waals surface area contributed by atoms with Crippen LogP contribution in [0.15, 0.2) is 48.5 Å². The van der Waals surface area contributed by atoms with E-state index in [0.717, 1.165) is 5.56 Å². The Morgan fingerprint density at radius 2 is 1.62 bits per heavy atom. The second-order valence-electron chi connectivity index (χ2n) is 9.66. The van der Waals surface area contributed by atoms with Crippen molar-refractivity contribution in [3.8, 4) is 0 Å². The Kier molecular flexibility index (Phi) is 7.40. The average Bonchev–Trinajstić information content (AvgIpc) is 2.75. The molecule has 3 rings (SSSR count). The van der Waals surface area contributed by atoms with Crippen LogP contribution in [0.4, 0.5) is 4.39 Å². The van der Waals surface area contributed by atoms with Gasteiger partial charge in [0, 0.05) is 19.0 Å². The third-order valence-electron chi connectivity index (χ3n) is 6.12. The van der Waals surface area contributed by atoms with E-state index in [1.54, 1.807) is 0 Å². The van der Waals surface area contributed by atoms with Gasteiger partial charge in [-0.3, -0.25) is 4.79 Å². The fourth-order valence-electron chi connectivity index (χ4n) is 3.97. The SMILES string of the molecule is CC(NC(=O)C1CCN(S(=O)(=O)Cc2ccc(F)cc2)CC1)c1ccc(C(C)(C)C)cc1. The Morgan fingerprint density at radius 1 is 1.06 bits per heavy atom. The Morgan fingerprint density at radius 3 is 2.16 bits per heavy atom. The van der Waals surface area contributed by atoms with E-state index in [-0.39, 0.29) is 29.0 Å². The Bertz CT molecular complexity index is 1020. The second kappa shape index (κ2) is 9.71. The lowest BCUT2D eigenvalue weighted by atomic mass is 9.86. The molecule has 1 fully saturated rings. The van der Waals surface area contributed by atoms with Crippen molar-refractivity contribution >= 4 is 15.9 Å². The molecule has 1 saturated heterocycles. The van der Waals surface area contributed by atoms with Crippen LogP contribution in [0.3, 0.4) is 0 Å². The van der Waals surface area contributed by atoms with E-state index in [9.17, 15) is 17.6 Å². The molecule has 0 saturated carbocycles. The fourth-order valence-corrected chi connectivity index (χ4v) is 5.53. The van der Waals surface area contributed by atoms with Crippen molar-refractivity contribution in [1.82, 2.24) is 9.62 Å². The molecule has 2 aromatic rings. The molecule has 7 heteroatoms. The molecule has 2 aromatic carbocycles. The van der Waals surface area contributed by atoms with Crippen molar-refractivity contribution < 1.29 is 17.6 Å². The number of carbonyl (C=O) groups excluding carboxylic acids is 1. The van der Waals surface area contributed by atoms with Crippen LogP contribution in [0.1, 0.15) is 63.3 Å². The van der Waals surface area contributed by atoms with Crippen LogP contribution in [0.25, 0.3) is 0 Å². The molecule has 1 aliphatic heterocycles. The van der Waals surface area contributed by atoms with Crippen LogP contribution in [-0.4, -0.2) is 31.7 Å². The summed E-state index contributed by atoms with van der Waals surface area (Å²) in [7, 11) is -3.50. The van der Waals surface area contributed by atoms with Crippen LogP contribution in [0.5, 0.6) is 0 Å². The van der Waals surface area contributed by atoms with Crippen molar-refractivity contribution in [1.29, 1.82) is 0 Å². The number of carbonyl (C=O) groups is 1. The molecule has 1 heterocycles. The first-order valence-electron chi connectivity index (χ1n) is 11.1. The molecule has 1 atom stereocenters. The van der Waals surface area contributed by atoms with Gasteiger partial charge in [0.2, 0.25) is 15.9 Å². The molecular weight excluding hydrogens is 427 g/mol. The first-order chi connectivity index (χ1) is 15.0. The van der Waals surface area contributed by atoms with E-state index in [1.165, 1.54) is 34.1 Å². The van der Waals surface area contributed by atoms with Crippen molar-refractivity contribution in [2.45, 2.75) is 57.7 Å². The van der Waals surface area contributed by atoms with Gasteiger partial charge in [-0.05, 0) is 54.0 Å². The molecule has 0 spiro atoms. The smallest absolute Gasteiger partial charge is 0.223 e. The van der Waals surface area contributed by atoms with Crippen molar-refractivity contribution in [3.05, 3.63) is 71.0 Å². The number of amides is 1. The molecule has 5 nitrogen and oxygen atoms in total. The Hall–Kier alpha value is -2.25. The van der Waals surface area contributed by atoms with Crippen molar-refractivity contribution in [3.63, 3.8) is 0 Å². The van der Waals surface area contributed by atoms with Gasteiger partial charge in [-0.1, -0.05) is 57.2 Å². The summed E-state index contributed by atoms with van der Waals surface area (Å²) >= 11 is 0. The van der Waals surface area contributed by atoms with Crippen LogP contribution < -0.4 is 5.32 Å². The Labute approximate surface area is 191 Å². The van der Waals surface area contributed by atoms with Gasteiger partial charge in [0.25, 0.3) is 0 Å². The predicted molar refractivity (Wildman–Crippen MR) is 125 cm³/mol. The van der Waals surface area contributed by atoms with Gasteiger partial charge in [0.05, 0.1) is 11.8 Å². The summed E-state index contributed by atoms with van der Waals surface area (Å²) in [6.45, 7) is 9.09. The number of benzene rings is 2. The van der Waals surface area contributed by atoms with Crippen molar-refractivity contribution in [2.75, 3.05) is 13.1 Å². The molecule has 1 N–H and O–H groups in total. The van der Waals surface area contributed by atoms with Gasteiger partial charge in [-0.15, -0.1) is 0 Å².